The van der Waals surface area contributed by atoms with Crippen LogP contribution in [0.2, 0.25) is 10.0 Å². The minimum absolute atomic E-state index is 0.564. The molecule has 2 fully saturated rings. The lowest BCUT2D eigenvalue weighted by Gasteiger charge is -2.41. The third-order valence-corrected chi connectivity index (χ3v) is 5.69. The Bertz CT molecular complexity index is 486. The number of hydrogen-bond acceptors (Lipinski definition) is 2. The van der Waals surface area contributed by atoms with E-state index in [9.17, 15) is 0 Å². The predicted octanol–water partition coefficient (Wildman–Crippen LogP) is 5.26. The van der Waals surface area contributed by atoms with Crippen molar-refractivity contribution in [3.05, 3.63) is 26.7 Å². The van der Waals surface area contributed by atoms with Crippen LogP contribution in [0.4, 0.5) is 5.69 Å². The molecular weight excluding hydrogens is 371 g/mol. The van der Waals surface area contributed by atoms with Crippen molar-refractivity contribution in [2.24, 2.45) is 0 Å². The summed E-state index contributed by atoms with van der Waals surface area (Å²) < 4.78 is 0.938. The lowest BCUT2D eigenvalue weighted by Crippen LogP contribution is -2.49. The molecule has 1 aromatic carbocycles. The fourth-order valence-electron chi connectivity index (χ4n) is 3.84. The molecule has 0 aromatic heterocycles. The predicted molar refractivity (Wildman–Crippen MR) is 94.8 cm³/mol. The SMILES string of the molecule is CCCNC1CC2CCC(C1)N2c1c(Cl)cc(Br)cc1Cl. The van der Waals surface area contributed by atoms with Crippen LogP contribution in [-0.2, 0) is 0 Å². The van der Waals surface area contributed by atoms with Gasteiger partial charge in [0, 0.05) is 22.6 Å². The number of piperidine rings is 1. The van der Waals surface area contributed by atoms with Crippen LogP contribution in [0.5, 0.6) is 0 Å². The molecule has 0 radical (unpaired) electrons. The second-order valence-corrected chi connectivity index (χ2v) is 7.86. The van der Waals surface area contributed by atoms with E-state index in [0.717, 1.165) is 26.8 Å². The molecule has 2 saturated heterocycles. The molecule has 0 amide bonds. The number of fused-ring (bicyclic) bond motifs is 2. The highest BCUT2D eigenvalue weighted by atomic mass is 79.9. The summed E-state index contributed by atoms with van der Waals surface area (Å²) in [5.41, 5.74) is 1.03. The maximum Gasteiger partial charge on any atom is 0.0750 e. The van der Waals surface area contributed by atoms with E-state index in [0.29, 0.717) is 18.1 Å². The quantitative estimate of drug-likeness (QED) is 0.753. The lowest BCUT2D eigenvalue weighted by atomic mass is 9.96. The largest absolute Gasteiger partial charge is 0.363 e. The van der Waals surface area contributed by atoms with Crippen LogP contribution in [-0.4, -0.2) is 24.7 Å². The van der Waals surface area contributed by atoms with Gasteiger partial charge in [-0.25, -0.2) is 0 Å². The minimum Gasteiger partial charge on any atom is -0.363 e. The maximum absolute atomic E-state index is 6.47. The average Bonchev–Trinajstić information content (AvgIpc) is 2.68. The van der Waals surface area contributed by atoms with E-state index >= 15 is 0 Å². The zero-order valence-electron chi connectivity index (χ0n) is 12.2. The van der Waals surface area contributed by atoms with Crippen LogP contribution in [0.3, 0.4) is 0 Å². The van der Waals surface area contributed by atoms with Crippen molar-refractivity contribution in [3.63, 3.8) is 0 Å². The van der Waals surface area contributed by atoms with Gasteiger partial charge in [-0.1, -0.05) is 46.1 Å². The highest BCUT2D eigenvalue weighted by Crippen LogP contribution is 2.46. The number of hydrogen-bond donors (Lipinski definition) is 1. The molecule has 1 N–H and O–H groups in total. The number of benzene rings is 1. The molecule has 2 bridgehead atoms. The van der Waals surface area contributed by atoms with Gasteiger partial charge in [0.05, 0.1) is 15.7 Å². The van der Waals surface area contributed by atoms with Crippen LogP contribution >= 0.6 is 39.1 Å². The summed E-state index contributed by atoms with van der Waals surface area (Å²) in [5, 5.41) is 5.19. The normalized spacial score (nSPS) is 28.2. The highest BCUT2D eigenvalue weighted by molar-refractivity contribution is 9.10. The van der Waals surface area contributed by atoms with Gasteiger partial charge in [-0.05, 0) is 50.8 Å². The number of rotatable bonds is 4. The van der Waals surface area contributed by atoms with Crippen molar-refractivity contribution < 1.29 is 0 Å². The standard InChI is InChI=1S/C16H21BrCl2N2/c1-2-5-20-11-8-12-3-4-13(9-11)21(12)16-14(18)6-10(17)7-15(16)19/h6-7,11-13,20H,2-5,8-9H2,1H3. The molecule has 2 unspecified atom stereocenters. The summed E-state index contributed by atoms with van der Waals surface area (Å²) in [6.45, 7) is 3.34. The Morgan fingerprint density at radius 1 is 1.19 bits per heavy atom. The topological polar surface area (TPSA) is 15.3 Å². The van der Waals surface area contributed by atoms with E-state index in [1.54, 1.807) is 0 Å². The highest BCUT2D eigenvalue weighted by Gasteiger charge is 2.41. The number of nitrogens with zero attached hydrogens (tertiary/aromatic N) is 1. The number of halogens is 3. The molecule has 2 aliphatic rings. The Kier molecular flexibility index (Phi) is 5.04. The molecule has 2 nitrogen and oxygen atoms in total. The summed E-state index contributed by atoms with van der Waals surface area (Å²) in [5.74, 6) is 0. The third kappa shape index (κ3) is 3.21. The van der Waals surface area contributed by atoms with Crippen molar-refractivity contribution in [2.75, 3.05) is 11.4 Å². The summed E-state index contributed by atoms with van der Waals surface area (Å²) in [6, 6.07) is 5.67. The van der Waals surface area contributed by atoms with Crippen LogP contribution < -0.4 is 10.2 Å². The molecule has 2 aliphatic heterocycles. The summed E-state index contributed by atoms with van der Waals surface area (Å²) in [6.07, 6.45) is 6.08. The summed E-state index contributed by atoms with van der Waals surface area (Å²) in [4.78, 5) is 2.49. The molecule has 2 atom stereocenters. The Labute approximate surface area is 145 Å². The first kappa shape index (κ1) is 15.9. The van der Waals surface area contributed by atoms with E-state index < -0.39 is 0 Å². The summed E-state index contributed by atoms with van der Waals surface area (Å²) in [7, 11) is 0. The van der Waals surface area contributed by atoms with Crippen molar-refractivity contribution in [1.82, 2.24) is 5.32 Å². The van der Waals surface area contributed by atoms with E-state index in [2.05, 4.69) is 33.1 Å². The number of anilines is 1. The second kappa shape index (κ2) is 6.66. The Hall–Kier alpha value is 0.0400. The van der Waals surface area contributed by atoms with Gasteiger partial charge in [-0.3, -0.25) is 0 Å². The fraction of sp³-hybridized carbons (Fsp3) is 0.625. The molecule has 5 heteroatoms. The van der Waals surface area contributed by atoms with Crippen LogP contribution in [0.25, 0.3) is 0 Å². The maximum atomic E-state index is 6.47. The molecule has 0 spiro atoms. The van der Waals surface area contributed by atoms with Crippen molar-refractivity contribution in [3.8, 4) is 0 Å². The van der Waals surface area contributed by atoms with Crippen LogP contribution in [0.1, 0.15) is 39.0 Å². The van der Waals surface area contributed by atoms with Crippen molar-refractivity contribution in [2.45, 2.75) is 57.2 Å². The smallest absolute Gasteiger partial charge is 0.0750 e. The van der Waals surface area contributed by atoms with Crippen LogP contribution in [0.15, 0.2) is 16.6 Å². The third-order valence-electron chi connectivity index (χ3n) is 4.66. The van der Waals surface area contributed by atoms with E-state index in [4.69, 9.17) is 23.2 Å². The van der Waals surface area contributed by atoms with Crippen LogP contribution in [0, 0.1) is 0 Å². The Balaban J connectivity index is 1.82. The first-order chi connectivity index (χ1) is 10.1. The molecule has 0 aliphatic carbocycles. The zero-order valence-corrected chi connectivity index (χ0v) is 15.3. The van der Waals surface area contributed by atoms with Crippen molar-refractivity contribution in [1.29, 1.82) is 0 Å². The Morgan fingerprint density at radius 3 is 2.29 bits per heavy atom. The van der Waals surface area contributed by atoms with Gasteiger partial charge in [0.2, 0.25) is 0 Å². The first-order valence-corrected chi connectivity index (χ1v) is 9.31. The van der Waals surface area contributed by atoms with Gasteiger partial charge in [0.1, 0.15) is 0 Å². The Morgan fingerprint density at radius 2 is 1.76 bits per heavy atom. The van der Waals surface area contributed by atoms with Gasteiger partial charge in [-0.2, -0.15) is 0 Å². The van der Waals surface area contributed by atoms with Crippen molar-refractivity contribution >= 4 is 44.8 Å². The van der Waals surface area contributed by atoms with E-state index in [-0.39, 0.29) is 0 Å². The first-order valence-electron chi connectivity index (χ1n) is 7.76. The molecule has 1 aromatic rings. The monoisotopic (exact) mass is 390 g/mol. The molecular formula is C16H21BrCl2N2. The van der Waals surface area contributed by atoms with Gasteiger partial charge in [0.15, 0.2) is 0 Å². The van der Waals surface area contributed by atoms with E-state index in [1.807, 2.05) is 12.1 Å². The van der Waals surface area contributed by atoms with Gasteiger partial charge in [-0.15, -0.1) is 0 Å². The fourth-order valence-corrected chi connectivity index (χ4v) is 5.24. The number of nitrogens with one attached hydrogen (secondary N) is 1. The molecule has 2 heterocycles. The molecule has 116 valence electrons. The molecule has 21 heavy (non-hydrogen) atoms. The van der Waals surface area contributed by atoms with Gasteiger partial charge in [0.25, 0.3) is 0 Å². The second-order valence-electron chi connectivity index (χ2n) is 6.13. The average molecular weight is 392 g/mol. The zero-order chi connectivity index (χ0) is 15.0. The minimum atomic E-state index is 0.564. The molecule has 0 saturated carbocycles. The summed E-state index contributed by atoms with van der Waals surface area (Å²) >= 11 is 16.4. The molecule has 3 rings (SSSR count). The van der Waals surface area contributed by atoms with Gasteiger partial charge < -0.3 is 10.2 Å². The van der Waals surface area contributed by atoms with Gasteiger partial charge >= 0.3 is 0 Å². The lowest BCUT2D eigenvalue weighted by molar-refractivity contribution is 0.357. The van der Waals surface area contributed by atoms with E-state index in [1.165, 1.54) is 32.1 Å².